The summed E-state index contributed by atoms with van der Waals surface area (Å²) >= 11 is 0. The fraction of sp³-hybridized carbons (Fsp3) is 0.400. The number of carbonyl (C=O) groups excluding carboxylic acids is 2. The number of amides is 2. The van der Waals surface area contributed by atoms with Gasteiger partial charge in [-0.05, 0) is 38.1 Å². The van der Waals surface area contributed by atoms with Gasteiger partial charge in [0.15, 0.2) is 0 Å². The van der Waals surface area contributed by atoms with Crippen LogP contribution in [0.4, 0.5) is 10.3 Å². The number of piperidine rings is 1. The third-order valence-electron chi connectivity index (χ3n) is 5.31. The quantitative estimate of drug-likeness (QED) is 0.818. The van der Waals surface area contributed by atoms with Crippen LogP contribution in [-0.2, 0) is 4.79 Å². The molecule has 1 aromatic carbocycles. The maximum absolute atomic E-state index is 13.2. The highest BCUT2D eigenvalue weighted by Crippen LogP contribution is 2.46. The number of aryl methyl sites for hydroxylation is 2. The second-order valence-corrected chi connectivity index (χ2v) is 7.46. The number of fused-ring (bicyclic) bond motifs is 1. The molecule has 4 rings (SSSR count). The first-order valence-electron chi connectivity index (χ1n) is 9.31. The summed E-state index contributed by atoms with van der Waals surface area (Å²) in [6.45, 7) is 5.09. The number of anilines is 1. The van der Waals surface area contributed by atoms with E-state index in [1.165, 1.54) is 18.2 Å². The van der Waals surface area contributed by atoms with E-state index < -0.39 is 11.7 Å². The highest BCUT2D eigenvalue weighted by Gasteiger charge is 2.57. The van der Waals surface area contributed by atoms with Crippen molar-refractivity contribution in [1.29, 1.82) is 0 Å². The summed E-state index contributed by atoms with van der Waals surface area (Å²) in [7, 11) is 0. The summed E-state index contributed by atoms with van der Waals surface area (Å²) in [5.74, 6) is 0.337. The molecular formula is C20H22FN5O2. The largest absolute Gasteiger partial charge is 0.351 e. The van der Waals surface area contributed by atoms with E-state index in [1.807, 2.05) is 19.9 Å². The molecule has 1 saturated heterocycles. The lowest BCUT2D eigenvalue weighted by Gasteiger charge is -2.20. The average molecular weight is 383 g/mol. The highest BCUT2D eigenvalue weighted by atomic mass is 19.1. The van der Waals surface area contributed by atoms with E-state index in [-0.39, 0.29) is 24.1 Å². The lowest BCUT2D eigenvalue weighted by Crippen LogP contribution is -2.41. The smallest absolute Gasteiger partial charge is 0.251 e. The lowest BCUT2D eigenvalue weighted by atomic mass is 10.2. The van der Waals surface area contributed by atoms with Crippen LogP contribution in [0, 0.1) is 31.5 Å². The van der Waals surface area contributed by atoms with E-state index in [2.05, 4.69) is 20.6 Å². The van der Waals surface area contributed by atoms with Crippen LogP contribution in [0.25, 0.3) is 0 Å². The van der Waals surface area contributed by atoms with Crippen molar-refractivity contribution in [2.24, 2.45) is 11.8 Å². The maximum atomic E-state index is 13.2. The molecule has 2 N–H and O–H groups in total. The first-order valence-corrected chi connectivity index (χ1v) is 9.31. The van der Waals surface area contributed by atoms with Crippen LogP contribution < -0.4 is 10.6 Å². The van der Waals surface area contributed by atoms with E-state index in [4.69, 9.17) is 0 Å². The monoisotopic (exact) mass is 383 g/mol. The molecule has 3 atom stereocenters. The zero-order valence-electron chi connectivity index (χ0n) is 15.8. The van der Waals surface area contributed by atoms with Crippen LogP contribution >= 0.6 is 0 Å². The molecule has 1 aliphatic carbocycles. The number of hydrogen-bond donors (Lipinski definition) is 2. The zero-order valence-corrected chi connectivity index (χ0v) is 15.8. The summed E-state index contributed by atoms with van der Waals surface area (Å²) in [4.78, 5) is 35.0. The lowest BCUT2D eigenvalue weighted by molar-refractivity contribution is -0.129. The molecule has 28 heavy (non-hydrogen) atoms. The number of aromatic nitrogens is 2. The van der Waals surface area contributed by atoms with Crippen molar-refractivity contribution < 1.29 is 14.0 Å². The number of carbonyl (C=O) groups is 2. The SMILES string of the molecule is Cc1cc(C)nc(NC2[C@H]3CN(C(=O)CNC(=O)c4cccc(F)c4)C[C@@H]23)n1. The summed E-state index contributed by atoms with van der Waals surface area (Å²) in [6, 6.07) is 7.61. The third-order valence-corrected chi connectivity index (χ3v) is 5.31. The van der Waals surface area contributed by atoms with Crippen molar-refractivity contribution in [1.82, 2.24) is 20.2 Å². The predicted octanol–water partition coefficient (Wildman–Crippen LogP) is 1.53. The van der Waals surface area contributed by atoms with Gasteiger partial charge in [-0.3, -0.25) is 9.59 Å². The average Bonchev–Trinajstić information content (AvgIpc) is 3.08. The van der Waals surface area contributed by atoms with Crippen LogP contribution in [0.15, 0.2) is 30.3 Å². The zero-order chi connectivity index (χ0) is 19.8. The van der Waals surface area contributed by atoms with E-state index in [9.17, 15) is 14.0 Å². The van der Waals surface area contributed by atoms with Gasteiger partial charge in [0.25, 0.3) is 5.91 Å². The molecule has 7 nitrogen and oxygen atoms in total. The second-order valence-electron chi connectivity index (χ2n) is 7.46. The minimum absolute atomic E-state index is 0.0902. The Labute approximate surface area is 162 Å². The van der Waals surface area contributed by atoms with Crippen LogP contribution in [0.5, 0.6) is 0 Å². The summed E-state index contributed by atoms with van der Waals surface area (Å²) in [6.07, 6.45) is 0. The first kappa shape index (κ1) is 18.3. The topological polar surface area (TPSA) is 87.2 Å². The Morgan fingerprint density at radius 1 is 1.14 bits per heavy atom. The second kappa shape index (κ2) is 7.18. The van der Waals surface area contributed by atoms with Crippen molar-refractivity contribution in [3.8, 4) is 0 Å². The molecule has 1 aromatic heterocycles. The Bertz CT molecular complexity index is 902. The fourth-order valence-electron chi connectivity index (χ4n) is 3.88. The molecule has 2 heterocycles. The van der Waals surface area contributed by atoms with Gasteiger partial charge in [0.2, 0.25) is 11.9 Å². The van der Waals surface area contributed by atoms with Gasteiger partial charge in [-0.1, -0.05) is 6.07 Å². The highest BCUT2D eigenvalue weighted by molar-refractivity contribution is 5.96. The number of hydrogen-bond acceptors (Lipinski definition) is 5. The Morgan fingerprint density at radius 2 is 1.82 bits per heavy atom. The van der Waals surface area contributed by atoms with E-state index in [0.717, 1.165) is 17.5 Å². The van der Waals surface area contributed by atoms with Crippen LogP contribution in [0.2, 0.25) is 0 Å². The normalized spacial score (nSPS) is 22.5. The molecule has 2 aromatic rings. The van der Waals surface area contributed by atoms with Crippen molar-refractivity contribution in [2.45, 2.75) is 19.9 Å². The minimum Gasteiger partial charge on any atom is -0.351 e. The molecule has 0 bridgehead atoms. The minimum atomic E-state index is -0.482. The van der Waals surface area contributed by atoms with E-state index >= 15 is 0 Å². The summed E-state index contributed by atoms with van der Waals surface area (Å²) < 4.78 is 13.2. The predicted molar refractivity (Wildman–Crippen MR) is 101 cm³/mol. The van der Waals surface area contributed by atoms with Crippen molar-refractivity contribution in [3.63, 3.8) is 0 Å². The standard InChI is InChI=1S/C20H22FN5O2/c1-11-6-12(2)24-20(23-11)25-18-15-9-26(10-16(15)18)17(27)8-22-19(28)13-4-3-5-14(21)7-13/h3-7,15-16,18H,8-10H2,1-2H3,(H,22,28)(H,23,24,25)/t15-,16+,18?. The first-order chi connectivity index (χ1) is 13.4. The molecule has 1 unspecified atom stereocenters. The summed E-state index contributed by atoms with van der Waals surface area (Å²) in [5, 5.41) is 5.93. The molecule has 1 saturated carbocycles. The van der Waals surface area contributed by atoms with Gasteiger partial charge in [0.05, 0.1) is 6.54 Å². The number of likely N-dealkylation sites (tertiary alicyclic amines) is 1. The van der Waals surface area contributed by atoms with E-state index in [1.54, 1.807) is 4.90 Å². The Morgan fingerprint density at radius 3 is 2.46 bits per heavy atom. The Kier molecular flexibility index (Phi) is 4.70. The van der Waals surface area contributed by atoms with Crippen LogP contribution in [0.3, 0.4) is 0 Å². The van der Waals surface area contributed by atoms with Crippen LogP contribution in [-0.4, -0.2) is 52.4 Å². The fourth-order valence-corrected chi connectivity index (χ4v) is 3.88. The van der Waals surface area contributed by atoms with Crippen LogP contribution in [0.1, 0.15) is 21.7 Å². The molecule has 2 fully saturated rings. The van der Waals surface area contributed by atoms with Gasteiger partial charge in [0, 0.05) is 47.9 Å². The maximum Gasteiger partial charge on any atom is 0.251 e. The van der Waals surface area contributed by atoms with Crippen molar-refractivity contribution in [2.75, 3.05) is 25.0 Å². The summed E-state index contributed by atoms with van der Waals surface area (Å²) in [5.41, 5.74) is 2.05. The number of benzene rings is 1. The van der Waals surface area contributed by atoms with Crippen molar-refractivity contribution in [3.05, 3.63) is 53.1 Å². The van der Waals surface area contributed by atoms with Gasteiger partial charge in [-0.25, -0.2) is 14.4 Å². The van der Waals surface area contributed by atoms with Gasteiger partial charge in [0.1, 0.15) is 5.82 Å². The van der Waals surface area contributed by atoms with Gasteiger partial charge in [-0.2, -0.15) is 0 Å². The Balaban J connectivity index is 1.25. The molecule has 0 spiro atoms. The number of halogens is 1. The number of nitrogens with one attached hydrogen (secondary N) is 2. The third kappa shape index (κ3) is 3.81. The molecule has 8 heteroatoms. The molecular weight excluding hydrogens is 361 g/mol. The molecule has 2 amide bonds. The molecule has 2 aliphatic rings. The van der Waals surface area contributed by atoms with Gasteiger partial charge < -0.3 is 15.5 Å². The molecule has 146 valence electrons. The Hall–Kier alpha value is -3.03. The molecule has 0 radical (unpaired) electrons. The molecule has 1 aliphatic heterocycles. The van der Waals surface area contributed by atoms with Gasteiger partial charge in [-0.15, -0.1) is 0 Å². The van der Waals surface area contributed by atoms with Gasteiger partial charge >= 0.3 is 0 Å². The van der Waals surface area contributed by atoms with E-state index in [0.29, 0.717) is 30.9 Å². The number of rotatable bonds is 5. The number of nitrogens with zero attached hydrogens (tertiary/aromatic N) is 3. The van der Waals surface area contributed by atoms with Crippen molar-refractivity contribution >= 4 is 17.8 Å².